The lowest BCUT2D eigenvalue weighted by atomic mass is 10.1. The van der Waals surface area contributed by atoms with Gasteiger partial charge in [0.15, 0.2) is 11.2 Å². The largest absolute Gasteiger partial charge is 0.358 e. The Morgan fingerprint density at radius 1 is 1.41 bits per heavy atom. The lowest BCUT2D eigenvalue weighted by Gasteiger charge is -2.08. The Balaban J connectivity index is 2.56. The minimum absolute atomic E-state index is 0.145. The zero-order valence-corrected chi connectivity index (χ0v) is 10.9. The molecule has 0 saturated heterocycles. The number of nitrogens with one attached hydrogen (secondary N) is 1. The van der Waals surface area contributed by atoms with Crippen molar-refractivity contribution in [2.24, 2.45) is 0 Å². The number of benzene rings is 1. The van der Waals surface area contributed by atoms with Crippen LogP contribution in [-0.4, -0.2) is 4.98 Å². The summed E-state index contributed by atoms with van der Waals surface area (Å²) in [5, 5.41) is 0.192. The maximum absolute atomic E-state index is 14.0. The Labute approximate surface area is 106 Å². The molecule has 2 aromatic rings. The smallest absolute Gasteiger partial charge is 0.195 e. The monoisotopic (exact) mass is 295 g/mol. The molecule has 1 aromatic heterocycles. The van der Waals surface area contributed by atoms with Gasteiger partial charge in [-0.15, -0.1) is 0 Å². The molecule has 0 fully saturated rings. The van der Waals surface area contributed by atoms with Crippen molar-refractivity contribution in [3.05, 3.63) is 43.4 Å². The second kappa shape index (κ2) is 3.67. The minimum atomic E-state index is -0.457. The first-order valence-electron chi connectivity index (χ1n) is 5.62. The van der Waals surface area contributed by atoms with E-state index < -0.39 is 5.82 Å². The highest BCUT2D eigenvalue weighted by Crippen LogP contribution is 2.28. The van der Waals surface area contributed by atoms with Crippen LogP contribution in [0.25, 0.3) is 10.9 Å². The summed E-state index contributed by atoms with van der Waals surface area (Å²) in [6, 6.07) is 1.70. The number of H-pyrrole nitrogens is 1. The Bertz CT molecular complexity index is 690. The quantitative estimate of drug-likeness (QED) is 0.795. The molecule has 0 spiro atoms. The summed E-state index contributed by atoms with van der Waals surface area (Å²) < 4.78 is 14.4. The Kier molecular flexibility index (Phi) is 2.36. The topological polar surface area (TPSA) is 32.9 Å². The number of aromatic nitrogens is 1. The summed E-state index contributed by atoms with van der Waals surface area (Å²) in [7, 11) is 0. The van der Waals surface area contributed by atoms with Gasteiger partial charge in [-0.2, -0.15) is 0 Å². The van der Waals surface area contributed by atoms with E-state index in [-0.39, 0.29) is 10.8 Å². The molecule has 17 heavy (non-hydrogen) atoms. The van der Waals surface area contributed by atoms with Crippen molar-refractivity contribution < 1.29 is 4.39 Å². The minimum Gasteiger partial charge on any atom is -0.358 e. The van der Waals surface area contributed by atoms with E-state index in [1.54, 1.807) is 6.07 Å². The van der Waals surface area contributed by atoms with Crippen LogP contribution in [0.15, 0.2) is 15.3 Å². The zero-order valence-electron chi connectivity index (χ0n) is 9.36. The normalized spacial score (nSPS) is 14.3. The molecule has 1 aliphatic rings. The van der Waals surface area contributed by atoms with Gasteiger partial charge in [0.25, 0.3) is 0 Å². The molecule has 4 heteroatoms. The van der Waals surface area contributed by atoms with Gasteiger partial charge in [0.05, 0.1) is 15.4 Å². The molecule has 1 heterocycles. The predicted octanol–water partition coefficient (Wildman–Crippen LogP) is 3.23. The zero-order chi connectivity index (χ0) is 12.2. The fourth-order valence-corrected chi connectivity index (χ4v) is 3.10. The second-order valence-electron chi connectivity index (χ2n) is 4.50. The van der Waals surface area contributed by atoms with Gasteiger partial charge in [0.1, 0.15) is 0 Å². The van der Waals surface area contributed by atoms with Crippen molar-refractivity contribution in [1.82, 2.24) is 4.98 Å². The van der Waals surface area contributed by atoms with Crippen molar-refractivity contribution in [1.29, 1.82) is 0 Å². The van der Waals surface area contributed by atoms with E-state index in [0.29, 0.717) is 9.99 Å². The van der Waals surface area contributed by atoms with Crippen molar-refractivity contribution in [2.75, 3.05) is 0 Å². The van der Waals surface area contributed by atoms with Gasteiger partial charge in [-0.05, 0) is 53.7 Å². The number of halogens is 2. The fraction of sp³-hybridized carbons (Fsp3) is 0.308. The molecule has 0 bridgehead atoms. The van der Waals surface area contributed by atoms with Crippen LogP contribution in [0, 0.1) is 12.7 Å². The van der Waals surface area contributed by atoms with Gasteiger partial charge in [-0.1, -0.05) is 0 Å². The summed E-state index contributed by atoms with van der Waals surface area (Å²) in [5.74, 6) is -0.457. The highest BCUT2D eigenvalue weighted by atomic mass is 79.9. The van der Waals surface area contributed by atoms with Crippen LogP contribution in [0.5, 0.6) is 0 Å². The third-order valence-corrected chi connectivity index (χ3v) is 3.99. The van der Waals surface area contributed by atoms with E-state index in [0.717, 1.165) is 36.1 Å². The molecule has 2 nitrogen and oxygen atoms in total. The average molecular weight is 296 g/mol. The van der Waals surface area contributed by atoms with Crippen LogP contribution in [0.2, 0.25) is 0 Å². The van der Waals surface area contributed by atoms with E-state index in [2.05, 4.69) is 20.9 Å². The molecule has 1 aromatic carbocycles. The molecule has 88 valence electrons. The second-order valence-corrected chi connectivity index (χ2v) is 5.36. The number of pyridine rings is 1. The first-order chi connectivity index (χ1) is 8.09. The predicted molar refractivity (Wildman–Crippen MR) is 69.0 cm³/mol. The standard InChI is InChI=1S/C13H11BrFNO/c1-6-5-8(14)11(15)10-12(6)16-9-4-2-3-7(9)13(10)17/h5H,2-4H2,1H3,(H,16,17). The van der Waals surface area contributed by atoms with Crippen LogP contribution >= 0.6 is 15.9 Å². The van der Waals surface area contributed by atoms with Crippen molar-refractivity contribution in [3.63, 3.8) is 0 Å². The van der Waals surface area contributed by atoms with Gasteiger partial charge in [-0.25, -0.2) is 4.39 Å². The van der Waals surface area contributed by atoms with Gasteiger partial charge in [0.2, 0.25) is 0 Å². The first-order valence-corrected chi connectivity index (χ1v) is 6.41. The Morgan fingerprint density at radius 2 is 2.18 bits per heavy atom. The number of fused-ring (bicyclic) bond motifs is 2. The first kappa shape index (κ1) is 11.0. The van der Waals surface area contributed by atoms with Gasteiger partial charge < -0.3 is 4.98 Å². The van der Waals surface area contributed by atoms with E-state index in [1.807, 2.05) is 6.92 Å². The van der Waals surface area contributed by atoms with Crippen molar-refractivity contribution in [3.8, 4) is 0 Å². The molecule has 0 unspecified atom stereocenters. The van der Waals surface area contributed by atoms with Gasteiger partial charge in [-0.3, -0.25) is 4.79 Å². The molecule has 0 amide bonds. The molecule has 1 N–H and O–H groups in total. The van der Waals surface area contributed by atoms with E-state index >= 15 is 0 Å². The lowest BCUT2D eigenvalue weighted by molar-refractivity contribution is 0.632. The number of aryl methyl sites for hydroxylation is 2. The molecular weight excluding hydrogens is 285 g/mol. The summed E-state index contributed by atoms with van der Waals surface area (Å²) in [6.07, 6.45) is 2.61. The highest BCUT2D eigenvalue weighted by molar-refractivity contribution is 9.10. The van der Waals surface area contributed by atoms with Crippen LogP contribution in [0.4, 0.5) is 4.39 Å². The van der Waals surface area contributed by atoms with E-state index in [1.165, 1.54) is 0 Å². The SMILES string of the molecule is Cc1cc(Br)c(F)c2c(=O)c3c([nH]c12)CCC3. The molecule has 0 saturated carbocycles. The van der Waals surface area contributed by atoms with Crippen LogP contribution in [0.1, 0.15) is 23.2 Å². The summed E-state index contributed by atoms with van der Waals surface area (Å²) in [6.45, 7) is 1.88. The van der Waals surface area contributed by atoms with E-state index in [4.69, 9.17) is 0 Å². The maximum Gasteiger partial charge on any atom is 0.195 e. The number of hydrogen-bond donors (Lipinski definition) is 1. The lowest BCUT2D eigenvalue weighted by Crippen LogP contribution is -2.13. The van der Waals surface area contributed by atoms with Crippen molar-refractivity contribution >= 4 is 26.8 Å². The number of rotatable bonds is 0. The maximum atomic E-state index is 14.0. The van der Waals surface area contributed by atoms with Crippen LogP contribution in [0.3, 0.4) is 0 Å². The fourth-order valence-electron chi connectivity index (χ4n) is 2.56. The number of hydrogen-bond acceptors (Lipinski definition) is 1. The van der Waals surface area contributed by atoms with Crippen molar-refractivity contribution in [2.45, 2.75) is 26.2 Å². The van der Waals surface area contributed by atoms with Gasteiger partial charge >= 0.3 is 0 Å². The third-order valence-electron chi connectivity index (χ3n) is 3.41. The number of aromatic amines is 1. The summed E-state index contributed by atoms with van der Waals surface area (Å²) in [4.78, 5) is 15.5. The third kappa shape index (κ3) is 1.47. The molecule has 0 atom stereocenters. The molecule has 0 radical (unpaired) electrons. The Hall–Kier alpha value is -1.16. The van der Waals surface area contributed by atoms with E-state index in [9.17, 15) is 9.18 Å². The average Bonchev–Trinajstić information content (AvgIpc) is 2.74. The molecule has 0 aliphatic heterocycles. The summed E-state index contributed by atoms with van der Waals surface area (Å²) >= 11 is 3.15. The highest BCUT2D eigenvalue weighted by Gasteiger charge is 2.20. The molecular formula is C13H11BrFNO. The van der Waals surface area contributed by atoms with Crippen LogP contribution < -0.4 is 5.43 Å². The Morgan fingerprint density at radius 3 is 2.94 bits per heavy atom. The summed E-state index contributed by atoms with van der Waals surface area (Å²) in [5.41, 5.74) is 3.12. The molecule has 3 rings (SSSR count). The molecule has 1 aliphatic carbocycles. The van der Waals surface area contributed by atoms with Gasteiger partial charge in [0, 0.05) is 11.3 Å². The van der Waals surface area contributed by atoms with Crippen LogP contribution in [-0.2, 0) is 12.8 Å².